The molecule has 3 N–H and O–H groups in total. The third kappa shape index (κ3) is 2.41. The Morgan fingerprint density at radius 1 is 1.60 bits per heavy atom. The minimum atomic E-state index is -1.68. The van der Waals surface area contributed by atoms with Crippen molar-refractivity contribution in [1.29, 1.82) is 0 Å². The lowest BCUT2D eigenvalue weighted by atomic mass is 9.98. The van der Waals surface area contributed by atoms with Crippen LogP contribution in [0.15, 0.2) is 16.6 Å². The molecule has 0 saturated carbocycles. The molecule has 1 rings (SSSR count). The fourth-order valence-corrected chi connectivity index (χ4v) is 1.95. The molecule has 5 heteroatoms. The second-order valence-corrected chi connectivity index (χ2v) is 4.26. The molecule has 0 spiro atoms. The SMILES string of the molecule is COc1cc(Br)c(C(C)(F)CN)cc1O. The predicted molar refractivity (Wildman–Crippen MR) is 59.9 cm³/mol. The molecule has 1 atom stereocenters. The monoisotopic (exact) mass is 277 g/mol. The Bertz CT molecular complexity index is 369. The summed E-state index contributed by atoms with van der Waals surface area (Å²) < 4.78 is 19.3. The van der Waals surface area contributed by atoms with Crippen LogP contribution in [0.4, 0.5) is 4.39 Å². The smallest absolute Gasteiger partial charge is 0.161 e. The molecule has 1 aromatic carbocycles. The molecular weight excluding hydrogens is 265 g/mol. The number of phenols is 1. The summed E-state index contributed by atoms with van der Waals surface area (Å²) >= 11 is 3.21. The molecule has 0 radical (unpaired) electrons. The van der Waals surface area contributed by atoms with Crippen molar-refractivity contribution in [2.24, 2.45) is 5.73 Å². The van der Waals surface area contributed by atoms with E-state index in [2.05, 4.69) is 15.9 Å². The number of aromatic hydroxyl groups is 1. The number of phenolic OH excluding ortho intramolecular Hbond substituents is 1. The second-order valence-electron chi connectivity index (χ2n) is 3.41. The van der Waals surface area contributed by atoms with Gasteiger partial charge < -0.3 is 15.6 Å². The van der Waals surface area contributed by atoms with Gasteiger partial charge in [-0.3, -0.25) is 0 Å². The van der Waals surface area contributed by atoms with Crippen molar-refractivity contribution in [2.45, 2.75) is 12.6 Å². The average Bonchev–Trinajstić information content (AvgIpc) is 2.20. The molecule has 0 amide bonds. The van der Waals surface area contributed by atoms with Gasteiger partial charge in [-0.2, -0.15) is 0 Å². The van der Waals surface area contributed by atoms with Crippen molar-refractivity contribution in [2.75, 3.05) is 13.7 Å². The van der Waals surface area contributed by atoms with Crippen molar-refractivity contribution >= 4 is 15.9 Å². The number of rotatable bonds is 3. The van der Waals surface area contributed by atoms with Gasteiger partial charge >= 0.3 is 0 Å². The lowest BCUT2D eigenvalue weighted by Gasteiger charge is -2.21. The second kappa shape index (κ2) is 4.37. The van der Waals surface area contributed by atoms with E-state index in [9.17, 15) is 9.50 Å². The van der Waals surface area contributed by atoms with E-state index in [0.29, 0.717) is 15.8 Å². The van der Waals surface area contributed by atoms with Crippen LogP contribution in [0.2, 0.25) is 0 Å². The molecule has 84 valence electrons. The minimum Gasteiger partial charge on any atom is -0.504 e. The number of nitrogens with two attached hydrogens (primary N) is 1. The molecule has 0 aromatic heterocycles. The van der Waals surface area contributed by atoms with E-state index in [4.69, 9.17) is 10.5 Å². The summed E-state index contributed by atoms with van der Waals surface area (Å²) in [5.74, 6) is 0.187. The summed E-state index contributed by atoms with van der Waals surface area (Å²) in [6.45, 7) is 1.20. The molecule has 15 heavy (non-hydrogen) atoms. The maximum Gasteiger partial charge on any atom is 0.161 e. The molecule has 0 bridgehead atoms. The highest BCUT2D eigenvalue weighted by atomic mass is 79.9. The van der Waals surface area contributed by atoms with E-state index in [1.807, 2.05) is 0 Å². The van der Waals surface area contributed by atoms with Crippen LogP contribution in [0.5, 0.6) is 11.5 Å². The zero-order valence-corrected chi connectivity index (χ0v) is 10.1. The fraction of sp³-hybridized carbons (Fsp3) is 0.400. The van der Waals surface area contributed by atoms with Crippen LogP contribution >= 0.6 is 15.9 Å². The normalized spacial score (nSPS) is 14.7. The Hall–Kier alpha value is -0.810. The van der Waals surface area contributed by atoms with Gasteiger partial charge in [-0.25, -0.2) is 4.39 Å². The van der Waals surface area contributed by atoms with E-state index < -0.39 is 5.67 Å². The largest absolute Gasteiger partial charge is 0.504 e. The van der Waals surface area contributed by atoms with Crippen molar-refractivity contribution in [1.82, 2.24) is 0 Å². The topological polar surface area (TPSA) is 55.5 Å². The Morgan fingerprint density at radius 3 is 2.67 bits per heavy atom. The van der Waals surface area contributed by atoms with Crippen LogP contribution in [-0.2, 0) is 5.67 Å². The molecule has 0 aliphatic rings. The number of halogens is 2. The standard InChI is InChI=1S/C10H13BrFNO2/c1-10(12,5-13)6-3-8(14)9(15-2)4-7(6)11/h3-4,14H,5,13H2,1-2H3. The lowest BCUT2D eigenvalue weighted by molar-refractivity contribution is 0.201. The summed E-state index contributed by atoms with van der Waals surface area (Å²) in [7, 11) is 1.43. The number of ether oxygens (including phenoxy) is 1. The molecule has 0 saturated heterocycles. The highest BCUT2D eigenvalue weighted by molar-refractivity contribution is 9.10. The first-order chi connectivity index (χ1) is 6.92. The molecule has 1 aromatic rings. The van der Waals surface area contributed by atoms with Crippen LogP contribution in [0, 0.1) is 0 Å². The van der Waals surface area contributed by atoms with Gasteiger partial charge in [-0.15, -0.1) is 0 Å². The Balaban J connectivity index is 3.28. The number of benzene rings is 1. The van der Waals surface area contributed by atoms with Crippen molar-refractivity contribution in [3.8, 4) is 11.5 Å². The van der Waals surface area contributed by atoms with Gasteiger partial charge in [0.1, 0.15) is 5.67 Å². The first-order valence-corrected chi connectivity index (χ1v) is 5.17. The summed E-state index contributed by atoms with van der Waals surface area (Å²) in [6.07, 6.45) is 0. The molecular formula is C10H13BrFNO2. The molecule has 0 fully saturated rings. The van der Waals surface area contributed by atoms with E-state index in [1.54, 1.807) is 0 Å². The van der Waals surface area contributed by atoms with E-state index in [0.717, 1.165) is 0 Å². The Labute approximate surface area is 96.2 Å². The van der Waals surface area contributed by atoms with Crippen LogP contribution in [0.3, 0.4) is 0 Å². The fourth-order valence-electron chi connectivity index (χ4n) is 1.22. The highest BCUT2D eigenvalue weighted by Gasteiger charge is 2.27. The molecule has 0 aliphatic heterocycles. The zero-order chi connectivity index (χ0) is 11.6. The van der Waals surface area contributed by atoms with Gasteiger partial charge in [0.25, 0.3) is 0 Å². The van der Waals surface area contributed by atoms with Crippen LogP contribution in [0.25, 0.3) is 0 Å². The molecule has 3 nitrogen and oxygen atoms in total. The first-order valence-electron chi connectivity index (χ1n) is 4.38. The third-order valence-corrected chi connectivity index (χ3v) is 2.87. The molecule has 1 unspecified atom stereocenters. The number of hydrogen-bond acceptors (Lipinski definition) is 3. The van der Waals surface area contributed by atoms with Crippen LogP contribution in [-0.4, -0.2) is 18.8 Å². The summed E-state index contributed by atoms with van der Waals surface area (Å²) in [4.78, 5) is 0. The first kappa shape index (κ1) is 12.3. The van der Waals surface area contributed by atoms with E-state index in [1.165, 1.54) is 26.2 Å². The van der Waals surface area contributed by atoms with Crippen molar-refractivity contribution in [3.05, 3.63) is 22.2 Å². The number of methoxy groups -OCH3 is 1. The maximum absolute atomic E-state index is 13.9. The van der Waals surface area contributed by atoms with Gasteiger partial charge in [0, 0.05) is 16.6 Å². The van der Waals surface area contributed by atoms with Gasteiger partial charge in [-0.05, 0) is 19.1 Å². The Kier molecular flexibility index (Phi) is 3.57. The van der Waals surface area contributed by atoms with Gasteiger partial charge in [0.2, 0.25) is 0 Å². The summed E-state index contributed by atoms with van der Waals surface area (Å²) in [6, 6.07) is 2.83. The Morgan fingerprint density at radius 2 is 2.20 bits per heavy atom. The lowest BCUT2D eigenvalue weighted by Crippen LogP contribution is -2.27. The molecule has 0 aliphatic carbocycles. The van der Waals surface area contributed by atoms with Gasteiger partial charge in [0.15, 0.2) is 11.5 Å². The maximum atomic E-state index is 13.9. The summed E-state index contributed by atoms with van der Waals surface area (Å²) in [5, 5.41) is 9.52. The zero-order valence-electron chi connectivity index (χ0n) is 8.55. The van der Waals surface area contributed by atoms with Gasteiger partial charge in [-0.1, -0.05) is 15.9 Å². The number of alkyl halides is 1. The van der Waals surface area contributed by atoms with Crippen LogP contribution < -0.4 is 10.5 Å². The average molecular weight is 278 g/mol. The number of hydrogen-bond donors (Lipinski definition) is 2. The predicted octanol–water partition coefficient (Wildman–Crippen LogP) is 2.31. The quantitative estimate of drug-likeness (QED) is 0.892. The van der Waals surface area contributed by atoms with Gasteiger partial charge in [0.05, 0.1) is 7.11 Å². The van der Waals surface area contributed by atoms with E-state index >= 15 is 0 Å². The highest BCUT2D eigenvalue weighted by Crippen LogP contribution is 2.38. The van der Waals surface area contributed by atoms with Crippen LogP contribution in [0.1, 0.15) is 12.5 Å². The van der Waals surface area contributed by atoms with Crippen molar-refractivity contribution < 1.29 is 14.2 Å². The van der Waals surface area contributed by atoms with Crippen molar-refractivity contribution in [3.63, 3.8) is 0 Å². The molecule has 0 heterocycles. The van der Waals surface area contributed by atoms with E-state index in [-0.39, 0.29) is 12.3 Å². The summed E-state index contributed by atoms with van der Waals surface area (Å²) in [5.41, 5.74) is 3.95. The minimum absolute atomic E-state index is 0.104. The third-order valence-electron chi connectivity index (χ3n) is 2.21.